The molecule has 22 heavy (non-hydrogen) atoms. The number of ether oxygens (including phenoxy) is 4. The maximum Gasteiger partial charge on any atom is 0.231 e. The zero-order valence-corrected chi connectivity index (χ0v) is 12.6. The lowest BCUT2D eigenvalue weighted by Crippen LogP contribution is -2.26. The van der Waals surface area contributed by atoms with Crippen molar-refractivity contribution >= 4 is 16.7 Å². The number of nitrogens with zero attached hydrogens (tertiary/aromatic N) is 1. The molecule has 0 spiro atoms. The van der Waals surface area contributed by atoms with Crippen LogP contribution in [0, 0.1) is 0 Å². The van der Waals surface area contributed by atoms with E-state index >= 15 is 0 Å². The molecule has 2 aliphatic heterocycles. The molecule has 2 aromatic rings. The van der Waals surface area contributed by atoms with Gasteiger partial charge in [0.2, 0.25) is 6.79 Å². The maximum absolute atomic E-state index is 5.77. The molecule has 116 valence electrons. The number of hydrogen-bond acceptors (Lipinski definition) is 6. The molecule has 1 saturated heterocycles. The molecular formula is C16H18N2O4. The first-order chi connectivity index (χ1) is 10.6. The van der Waals surface area contributed by atoms with Crippen LogP contribution in [0.4, 0.5) is 5.82 Å². The van der Waals surface area contributed by atoms with Crippen molar-refractivity contribution in [3.8, 4) is 11.5 Å². The Morgan fingerprint density at radius 3 is 2.82 bits per heavy atom. The third kappa shape index (κ3) is 2.55. The van der Waals surface area contributed by atoms with E-state index in [1.807, 2.05) is 38.1 Å². The van der Waals surface area contributed by atoms with Crippen LogP contribution in [-0.2, 0) is 9.47 Å². The van der Waals surface area contributed by atoms with Gasteiger partial charge in [0, 0.05) is 18.0 Å². The second-order valence-corrected chi connectivity index (χ2v) is 5.93. The van der Waals surface area contributed by atoms with Gasteiger partial charge in [0.25, 0.3) is 0 Å². The number of fused-ring (bicyclic) bond motifs is 2. The fourth-order valence-electron chi connectivity index (χ4n) is 2.69. The summed E-state index contributed by atoms with van der Waals surface area (Å²) in [6, 6.07) is 7.82. The van der Waals surface area contributed by atoms with Gasteiger partial charge >= 0.3 is 0 Å². The highest BCUT2D eigenvalue weighted by Gasteiger charge is 2.32. The van der Waals surface area contributed by atoms with Gasteiger partial charge in [-0.3, -0.25) is 0 Å². The predicted molar refractivity (Wildman–Crippen MR) is 81.3 cm³/mol. The van der Waals surface area contributed by atoms with Gasteiger partial charge in [-0.2, -0.15) is 0 Å². The monoisotopic (exact) mass is 302 g/mol. The van der Waals surface area contributed by atoms with Crippen molar-refractivity contribution in [1.82, 2.24) is 4.98 Å². The standard InChI is InChI=1S/C16H18N2O4/c1-16(2)21-8-11(22-16)7-17-15-4-3-10-5-13-14(20-9-19-13)6-12(10)18-15/h3-6,11H,7-9H2,1-2H3,(H,17,18). The van der Waals surface area contributed by atoms with Crippen molar-refractivity contribution in [3.63, 3.8) is 0 Å². The van der Waals surface area contributed by atoms with Crippen molar-refractivity contribution in [2.45, 2.75) is 25.7 Å². The average molecular weight is 302 g/mol. The predicted octanol–water partition coefficient (Wildman–Crippen LogP) is 2.53. The van der Waals surface area contributed by atoms with Crippen LogP contribution in [0.25, 0.3) is 10.9 Å². The average Bonchev–Trinajstić information content (AvgIpc) is 3.08. The molecular weight excluding hydrogens is 284 g/mol. The molecule has 6 nitrogen and oxygen atoms in total. The Hall–Kier alpha value is -2.05. The molecule has 2 aliphatic rings. The van der Waals surface area contributed by atoms with Crippen LogP contribution in [0.2, 0.25) is 0 Å². The topological polar surface area (TPSA) is 61.8 Å². The summed E-state index contributed by atoms with van der Waals surface area (Å²) < 4.78 is 22.1. The minimum atomic E-state index is -0.499. The number of aromatic nitrogens is 1. The molecule has 4 rings (SSSR count). The molecule has 3 heterocycles. The molecule has 0 bridgehead atoms. The van der Waals surface area contributed by atoms with Crippen LogP contribution in [0.15, 0.2) is 24.3 Å². The lowest BCUT2D eigenvalue weighted by Gasteiger charge is -2.17. The molecule has 1 aromatic heterocycles. The van der Waals surface area contributed by atoms with Crippen LogP contribution < -0.4 is 14.8 Å². The normalized spacial score (nSPS) is 22.2. The molecule has 0 amide bonds. The second kappa shape index (κ2) is 5.00. The van der Waals surface area contributed by atoms with E-state index in [0.717, 1.165) is 28.2 Å². The number of pyridine rings is 1. The van der Waals surface area contributed by atoms with E-state index < -0.39 is 5.79 Å². The Kier molecular flexibility index (Phi) is 3.09. The molecule has 0 aliphatic carbocycles. The third-order valence-electron chi connectivity index (χ3n) is 3.76. The highest BCUT2D eigenvalue weighted by molar-refractivity contribution is 5.84. The number of rotatable bonds is 3. The fourth-order valence-corrected chi connectivity index (χ4v) is 2.69. The molecule has 1 unspecified atom stereocenters. The lowest BCUT2D eigenvalue weighted by molar-refractivity contribution is -0.136. The van der Waals surface area contributed by atoms with Gasteiger partial charge < -0.3 is 24.3 Å². The first kappa shape index (κ1) is 13.6. The van der Waals surface area contributed by atoms with Gasteiger partial charge in [-0.05, 0) is 32.0 Å². The van der Waals surface area contributed by atoms with Crippen LogP contribution in [0.1, 0.15) is 13.8 Å². The first-order valence-corrected chi connectivity index (χ1v) is 7.35. The molecule has 1 atom stereocenters. The number of anilines is 1. The van der Waals surface area contributed by atoms with Crippen molar-refractivity contribution in [2.75, 3.05) is 25.3 Å². The summed E-state index contributed by atoms with van der Waals surface area (Å²) in [4.78, 5) is 4.61. The van der Waals surface area contributed by atoms with Gasteiger partial charge in [0.05, 0.1) is 12.1 Å². The Labute approximate surface area is 128 Å². The highest BCUT2D eigenvalue weighted by atomic mass is 16.7. The highest BCUT2D eigenvalue weighted by Crippen LogP contribution is 2.35. The first-order valence-electron chi connectivity index (χ1n) is 7.35. The van der Waals surface area contributed by atoms with Gasteiger partial charge in [-0.1, -0.05) is 0 Å². The van der Waals surface area contributed by atoms with E-state index in [0.29, 0.717) is 13.2 Å². The van der Waals surface area contributed by atoms with Crippen molar-refractivity contribution in [3.05, 3.63) is 24.3 Å². The van der Waals surface area contributed by atoms with E-state index in [-0.39, 0.29) is 12.9 Å². The summed E-state index contributed by atoms with van der Waals surface area (Å²) in [6.45, 7) is 5.36. The summed E-state index contributed by atoms with van der Waals surface area (Å²) in [6.07, 6.45) is 0.0317. The molecule has 1 N–H and O–H groups in total. The largest absolute Gasteiger partial charge is 0.454 e. The summed E-state index contributed by atoms with van der Waals surface area (Å²) in [5.74, 6) is 1.82. The van der Waals surface area contributed by atoms with Gasteiger partial charge in [0.15, 0.2) is 17.3 Å². The maximum atomic E-state index is 5.77. The summed E-state index contributed by atoms with van der Waals surface area (Å²) in [5.41, 5.74) is 0.873. The van der Waals surface area contributed by atoms with Crippen LogP contribution in [0.3, 0.4) is 0 Å². The van der Waals surface area contributed by atoms with Gasteiger partial charge in [0.1, 0.15) is 11.9 Å². The van der Waals surface area contributed by atoms with E-state index in [2.05, 4.69) is 10.3 Å². The van der Waals surface area contributed by atoms with Gasteiger partial charge in [-0.25, -0.2) is 4.98 Å². The second-order valence-electron chi connectivity index (χ2n) is 5.93. The zero-order chi connectivity index (χ0) is 15.2. The van der Waals surface area contributed by atoms with Crippen LogP contribution >= 0.6 is 0 Å². The fraction of sp³-hybridized carbons (Fsp3) is 0.438. The van der Waals surface area contributed by atoms with Gasteiger partial charge in [-0.15, -0.1) is 0 Å². The quantitative estimate of drug-likeness (QED) is 0.940. The number of nitrogens with one attached hydrogen (secondary N) is 1. The SMILES string of the molecule is CC1(C)OCC(CNc2ccc3cc4c(cc3n2)OCO4)O1. The van der Waals surface area contributed by atoms with Crippen LogP contribution in [0.5, 0.6) is 11.5 Å². The lowest BCUT2D eigenvalue weighted by atomic mass is 10.2. The number of hydrogen-bond donors (Lipinski definition) is 1. The minimum absolute atomic E-state index is 0.0317. The molecule has 0 radical (unpaired) electrons. The summed E-state index contributed by atoms with van der Waals surface area (Å²) in [5, 5.41) is 4.32. The Morgan fingerprint density at radius 2 is 2.05 bits per heavy atom. The van der Waals surface area contributed by atoms with Crippen LogP contribution in [-0.4, -0.2) is 36.8 Å². The van der Waals surface area contributed by atoms with E-state index in [4.69, 9.17) is 18.9 Å². The zero-order valence-electron chi connectivity index (χ0n) is 12.6. The van der Waals surface area contributed by atoms with Crippen molar-refractivity contribution in [1.29, 1.82) is 0 Å². The van der Waals surface area contributed by atoms with E-state index in [9.17, 15) is 0 Å². The smallest absolute Gasteiger partial charge is 0.231 e. The molecule has 6 heteroatoms. The number of benzene rings is 1. The van der Waals surface area contributed by atoms with E-state index in [1.165, 1.54) is 0 Å². The van der Waals surface area contributed by atoms with Crippen molar-refractivity contribution in [2.24, 2.45) is 0 Å². The Morgan fingerprint density at radius 1 is 1.23 bits per heavy atom. The third-order valence-corrected chi connectivity index (χ3v) is 3.76. The Bertz CT molecular complexity index is 717. The van der Waals surface area contributed by atoms with Crippen molar-refractivity contribution < 1.29 is 18.9 Å². The van der Waals surface area contributed by atoms with E-state index in [1.54, 1.807) is 0 Å². The molecule has 1 fully saturated rings. The summed E-state index contributed by atoms with van der Waals surface area (Å²) in [7, 11) is 0. The Balaban J connectivity index is 1.49. The molecule has 1 aromatic carbocycles. The molecule has 0 saturated carbocycles. The minimum Gasteiger partial charge on any atom is -0.454 e. The summed E-state index contributed by atoms with van der Waals surface area (Å²) >= 11 is 0.